The number of thioether (sulfide) groups is 1. The average molecular weight is 421 g/mol. The summed E-state index contributed by atoms with van der Waals surface area (Å²) in [6.07, 6.45) is 8.14. The van der Waals surface area contributed by atoms with Crippen LogP contribution in [0.2, 0.25) is 0 Å². The Balaban J connectivity index is 1.80. The lowest BCUT2D eigenvalue weighted by Gasteiger charge is -2.22. The van der Waals surface area contributed by atoms with Gasteiger partial charge in [-0.2, -0.15) is 11.8 Å². The van der Waals surface area contributed by atoms with Crippen molar-refractivity contribution < 1.29 is 22.0 Å². The van der Waals surface area contributed by atoms with E-state index in [1.807, 2.05) is 11.8 Å². The fraction of sp³-hybridized carbons (Fsp3) is 0.611. The summed E-state index contributed by atoms with van der Waals surface area (Å²) in [4.78, 5) is 12.1. The van der Waals surface area contributed by atoms with Gasteiger partial charge in [-0.3, -0.25) is 9.10 Å². The minimum absolute atomic E-state index is 0.0839. The van der Waals surface area contributed by atoms with Crippen molar-refractivity contribution in [2.24, 2.45) is 0 Å². The molecule has 0 aliphatic heterocycles. The summed E-state index contributed by atoms with van der Waals surface area (Å²) in [6, 6.07) is 2.74. The van der Waals surface area contributed by atoms with Crippen molar-refractivity contribution in [1.29, 1.82) is 0 Å². The second kappa shape index (κ2) is 10.3. The van der Waals surface area contributed by atoms with E-state index in [0.717, 1.165) is 40.9 Å². The highest BCUT2D eigenvalue weighted by Gasteiger charge is 2.22. The molecule has 0 bridgehead atoms. The molecular weight excluding hydrogens is 394 g/mol. The highest BCUT2D eigenvalue weighted by Crippen LogP contribution is 2.28. The van der Waals surface area contributed by atoms with Gasteiger partial charge in [0.25, 0.3) is 0 Å². The molecule has 1 amide bonds. The fourth-order valence-electron chi connectivity index (χ4n) is 3.01. The Morgan fingerprint density at radius 2 is 1.93 bits per heavy atom. The van der Waals surface area contributed by atoms with Crippen LogP contribution in [0, 0.1) is 11.6 Å². The predicted molar refractivity (Wildman–Crippen MR) is 106 cm³/mol. The summed E-state index contributed by atoms with van der Waals surface area (Å²) in [6.45, 7) is -0.0202. The van der Waals surface area contributed by atoms with Crippen molar-refractivity contribution >= 4 is 33.4 Å². The number of nitrogens with zero attached hydrogens (tertiary/aromatic N) is 1. The number of amides is 1. The van der Waals surface area contributed by atoms with Gasteiger partial charge in [0.1, 0.15) is 6.54 Å². The van der Waals surface area contributed by atoms with Crippen LogP contribution in [-0.4, -0.2) is 44.7 Å². The van der Waals surface area contributed by atoms with Crippen molar-refractivity contribution in [3.05, 3.63) is 29.8 Å². The van der Waals surface area contributed by atoms with E-state index >= 15 is 0 Å². The van der Waals surface area contributed by atoms with Gasteiger partial charge in [-0.25, -0.2) is 17.2 Å². The van der Waals surface area contributed by atoms with Crippen molar-refractivity contribution in [2.45, 2.75) is 43.8 Å². The third-order valence-corrected chi connectivity index (χ3v) is 7.04. The number of benzene rings is 1. The molecule has 1 aromatic rings. The topological polar surface area (TPSA) is 66.5 Å². The second-order valence-electron chi connectivity index (χ2n) is 6.70. The fourth-order valence-corrected chi connectivity index (χ4v) is 5.17. The lowest BCUT2D eigenvalue weighted by molar-refractivity contribution is -0.119. The lowest BCUT2D eigenvalue weighted by atomic mass is 10.0. The Morgan fingerprint density at radius 3 is 2.56 bits per heavy atom. The summed E-state index contributed by atoms with van der Waals surface area (Å²) in [7, 11) is -3.81. The Kier molecular flexibility index (Phi) is 8.34. The molecule has 0 aromatic heterocycles. The smallest absolute Gasteiger partial charge is 0.240 e. The minimum Gasteiger partial charge on any atom is -0.354 e. The van der Waals surface area contributed by atoms with Crippen LogP contribution in [0.1, 0.15) is 38.5 Å². The first-order valence-corrected chi connectivity index (χ1v) is 12.0. The molecule has 1 N–H and O–H groups in total. The third-order valence-electron chi connectivity index (χ3n) is 4.43. The van der Waals surface area contributed by atoms with Gasteiger partial charge in [-0.05, 0) is 37.1 Å². The Bertz CT molecular complexity index is 738. The number of hydrogen-bond donors (Lipinski definition) is 1. The molecule has 0 spiro atoms. The van der Waals surface area contributed by atoms with Crippen LogP contribution in [-0.2, 0) is 14.8 Å². The van der Waals surface area contributed by atoms with Gasteiger partial charge in [-0.1, -0.05) is 19.3 Å². The molecule has 0 atom stereocenters. The summed E-state index contributed by atoms with van der Waals surface area (Å²) < 4.78 is 51.1. The molecule has 5 nitrogen and oxygen atoms in total. The van der Waals surface area contributed by atoms with Crippen LogP contribution in [0.5, 0.6) is 0 Å². The quantitative estimate of drug-likeness (QED) is 0.623. The van der Waals surface area contributed by atoms with Crippen LogP contribution in [0.4, 0.5) is 14.5 Å². The van der Waals surface area contributed by atoms with Crippen molar-refractivity contribution in [3.63, 3.8) is 0 Å². The minimum atomic E-state index is -3.81. The number of hydrogen-bond acceptors (Lipinski definition) is 4. The number of nitrogens with one attached hydrogen (secondary N) is 1. The lowest BCUT2D eigenvalue weighted by Crippen LogP contribution is -2.40. The van der Waals surface area contributed by atoms with Gasteiger partial charge in [0.2, 0.25) is 15.9 Å². The Hall–Kier alpha value is -1.35. The number of anilines is 1. The number of halogens is 2. The standard InChI is InChI=1S/C18H26F2N2O3S2/c1-27(24,25)22(14-8-9-16(19)17(20)12-14)13-18(23)21-10-5-11-26-15-6-3-2-4-7-15/h8-9,12,15H,2-7,10-11,13H2,1H3,(H,21,23). The van der Waals surface area contributed by atoms with E-state index in [0.29, 0.717) is 11.8 Å². The van der Waals surface area contributed by atoms with Crippen LogP contribution >= 0.6 is 11.8 Å². The third kappa shape index (κ3) is 7.29. The number of sulfonamides is 1. The van der Waals surface area contributed by atoms with Gasteiger partial charge in [-0.15, -0.1) is 0 Å². The SMILES string of the molecule is CS(=O)(=O)N(CC(=O)NCCCSC1CCCCC1)c1ccc(F)c(F)c1. The molecule has 9 heteroatoms. The molecule has 1 aromatic carbocycles. The van der Waals surface area contributed by atoms with Crippen molar-refractivity contribution in [1.82, 2.24) is 5.32 Å². The second-order valence-corrected chi connectivity index (χ2v) is 10.0. The largest absolute Gasteiger partial charge is 0.354 e. The molecule has 0 heterocycles. The van der Waals surface area contributed by atoms with Gasteiger partial charge in [0, 0.05) is 17.9 Å². The summed E-state index contributed by atoms with van der Waals surface area (Å²) in [5.41, 5.74) is -0.0839. The average Bonchev–Trinajstić information content (AvgIpc) is 2.62. The molecule has 0 radical (unpaired) electrons. The van der Waals surface area contributed by atoms with E-state index in [-0.39, 0.29) is 5.69 Å². The number of rotatable bonds is 9. The zero-order valence-corrected chi connectivity index (χ0v) is 17.1. The van der Waals surface area contributed by atoms with Gasteiger partial charge >= 0.3 is 0 Å². The molecule has 1 fully saturated rings. The number of carbonyl (C=O) groups excluding carboxylic acids is 1. The predicted octanol–water partition coefficient (Wildman–Crippen LogP) is 3.30. The maximum atomic E-state index is 13.4. The first-order valence-electron chi connectivity index (χ1n) is 9.08. The van der Waals surface area contributed by atoms with Crippen LogP contribution in [0.15, 0.2) is 18.2 Å². The maximum Gasteiger partial charge on any atom is 0.240 e. The van der Waals surface area contributed by atoms with Crippen LogP contribution in [0.25, 0.3) is 0 Å². The maximum absolute atomic E-state index is 13.4. The van der Waals surface area contributed by atoms with E-state index in [2.05, 4.69) is 5.32 Å². The summed E-state index contributed by atoms with van der Waals surface area (Å²) in [5.74, 6) is -1.77. The monoisotopic (exact) mass is 420 g/mol. The van der Waals surface area contributed by atoms with Crippen molar-refractivity contribution in [3.8, 4) is 0 Å². The van der Waals surface area contributed by atoms with Gasteiger partial charge in [0.15, 0.2) is 11.6 Å². The van der Waals surface area contributed by atoms with Crippen LogP contribution in [0.3, 0.4) is 0 Å². The molecule has 0 saturated heterocycles. The van der Waals surface area contributed by atoms with E-state index in [1.54, 1.807) is 0 Å². The van der Waals surface area contributed by atoms with E-state index in [4.69, 9.17) is 0 Å². The molecule has 1 aliphatic rings. The van der Waals surface area contributed by atoms with E-state index in [1.165, 1.54) is 32.1 Å². The first-order chi connectivity index (χ1) is 12.8. The molecular formula is C18H26F2N2O3S2. The van der Waals surface area contributed by atoms with Gasteiger partial charge in [0.05, 0.1) is 11.9 Å². The zero-order valence-electron chi connectivity index (χ0n) is 15.4. The molecule has 1 saturated carbocycles. The van der Waals surface area contributed by atoms with Gasteiger partial charge < -0.3 is 5.32 Å². The zero-order chi connectivity index (χ0) is 19.9. The van der Waals surface area contributed by atoms with Crippen LogP contribution < -0.4 is 9.62 Å². The Morgan fingerprint density at radius 1 is 1.22 bits per heavy atom. The van der Waals surface area contributed by atoms with Crippen molar-refractivity contribution in [2.75, 3.05) is 29.4 Å². The van der Waals surface area contributed by atoms with E-state index in [9.17, 15) is 22.0 Å². The highest BCUT2D eigenvalue weighted by molar-refractivity contribution is 7.99. The number of carbonyl (C=O) groups is 1. The summed E-state index contributed by atoms with van der Waals surface area (Å²) >= 11 is 1.93. The molecule has 0 unspecified atom stereocenters. The first kappa shape index (κ1) is 21.9. The molecule has 1 aliphatic carbocycles. The molecule has 27 heavy (non-hydrogen) atoms. The Labute approximate surface area is 163 Å². The molecule has 2 rings (SSSR count). The molecule has 152 valence electrons. The summed E-state index contributed by atoms with van der Waals surface area (Å²) in [5, 5.41) is 3.40. The normalized spacial score (nSPS) is 15.5. The highest BCUT2D eigenvalue weighted by atomic mass is 32.2. The van der Waals surface area contributed by atoms with E-state index < -0.39 is 34.1 Å².